The van der Waals surface area contributed by atoms with Crippen molar-refractivity contribution >= 4 is 0 Å². The number of nitrogens with zero attached hydrogens (tertiary/aromatic N) is 1. The molecule has 1 aliphatic rings. The van der Waals surface area contributed by atoms with E-state index >= 15 is 0 Å². The molecule has 0 aromatic heterocycles. The molecule has 0 radical (unpaired) electrons. The summed E-state index contributed by atoms with van der Waals surface area (Å²) in [4.78, 5) is 1.94. The minimum Gasteiger partial charge on any atom is -0.394 e. The Hall–Kier alpha value is -1.11. The zero-order valence-electron chi connectivity index (χ0n) is 10.4. The second kappa shape index (κ2) is 5.90. The fourth-order valence-electron chi connectivity index (χ4n) is 2.24. The van der Waals surface area contributed by atoms with Crippen molar-refractivity contribution in [1.82, 2.24) is 4.90 Å². The quantitative estimate of drug-likeness (QED) is 0.916. The van der Waals surface area contributed by atoms with Crippen LogP contribution in [-0.2, 0) is 10.9 Å². The minimum absolute atomic E-state index is 0.207. The first-order valence-electron chi connectivity index (χ1n) is 6.12. The van der Waals surface area contributed by atoms with Crippen molar-refractivity contribution in [2.24, 2.45) is 0 Å². The lowest BCUT2D eigenvalue weighted by molar-refractivity contribution is -0.137. The average Bonchev–Trinajstić information content (AvgIpc) is 2.40. The predicted octanol–water partition coefficient (Wildman–Crippen LogP) is 2.07. The zero-order valence-corrected chi connectivity index (χ0v) is 10.4. The summed E-state index contributed by atoms with van der Waals surface area (Å²) in [5.41, 5.74) is -0.198. The van der Waals surface area contributed by atoms with Crippen LogP contribution < -0.4 is 0 Å². The summed E-state index contributed by atoms with van der Waals surface area (Å²) < 4.78 is 43.2. The number of aliphatic hydroxyl groups is 1. The average molecular weight is 275 g/mol. The van der Waals surface area contributed by atoms with Gasteiger partial charge in [-0.3, -0.25) is 4.90 Å². The molecule has 19 heavy (non-hydrogen) atoms. The third-order valence-corrected chi connectivity index (χ3v) is 3.26. The Labute approximate surface area is 109 Å². The van der Waals surface area contributed by atoms with E-state index in [9.17, 15) is 18.3 Å². The van der Waals surface area contributed by atoms with Crippen molar-refractivity contribution < 1.29 is 23.0 Å². The lowest BCUT2D eigenvalue weighted by atomic mass is 10.0. The SMILES string of the molecule is OC[C@@H](c1cccc(C(F)(F)F)c1)N1CCOCC1. The maximum atomic E-state index is 12.7. The lowest BCUT2D eigenvalue weighted by Crippen LogP contribution is -2.40. The Balaban J connectivity index is 2.22. The van der Waals surface area contributed by atoms with Gasteiger partial charge in [0.05, 0.1) is 31.4 Å². The maximum Gasteiger partial charge on any atom is 0.416 e. The monoisotopic (exact) mass is 275 g/mol. The smallest absolute Gasteiger partial charge is 0.394 e. The molecule has 1 N–H and O–H groups in total. The fraction of sp³-hybridized carbons (Fsp3) is 0.538. The van der Waals surface area contributed by atoms with E-state index in [0.29, 0.717) is 31.9 Å². The molecule has 0 bridgehead atoms. The molecule has 1 aromatic rings. The summed E-state index contributed by atoms with van der Waals surface area (Å²) in [6, 6.07) is 4.73. The van der Waals surface area contributed by atoms with Crippen LogP contribution >= 0.6 is 0 Å². The molecule has 0 amide bonds. The van der Waals surface area contributed by atoms with E-state index in [1.54, 1.807) is 6.07 Å². The maximum absolute atomic E-state index is 12.7. The molecule has 1 saturated heterocycles. The van der Waals surface area contributed by atoms with Crippen LogP contribution in [0.4, 0.5) is 13.2 Å². The van der Waals surface area contributed by atoms with Gasteiger partial charge >= 0.3 is 6.18 Å². The largest absolute Gasteiger partial charge is 0.416 e. The molecule has 1 aromatic carbocycles. The molecule has 0 aliphatic carbocycles. The van der Waals surface area contributed by atoms with Gasteiger partial charge in [-0.1, -0.05) is 12.1 Å². The molecule has 1 atom stereocenters. The Morgan fingerprint density at radius 3 is 2.53 bits per heavy atom. The number of halogens is 3. The molecular weight excluding hydrogens is 259 g/mol. The van der Waals surface area contributed by atoms with Crippen LogP contribution in [0.2, 0.25) is 0 Å². The van der Waals surface area contributed by atoms with Gasteiger partial charge in [0, 0.05) is 13.1 Å². The van der Waals surface area contributed by atoms with E-state index in [1.165, 1.54) is 6.07 Å². The molecule has 1 heterocycles. The van der Waals surface area contributed by atoms with Gasteiger partial charge in [0.15, 0.2) is 0 Å². The fourth-order valence-corrected chi connectivity index (χ4v) is 2.24. The Bertz CT molecular complexity index is 417. The van der Waals surface area contributed by atoms with Gasteiger partial charge in [-0.15, -0.1) is 0 Å². The molecule has 1 aliphatic heterocycles. The first-order chi connectivity index (χ1) is 9.02. The normalized spacial score (nSPS) is 19.4. The minimum atomic E-state index is -4.36. The predicted molar refractivity (Wildman–Crippen MR) is 63.7 cm³/mol. The number of ether oxygens (including phenoxy) is 1. The van der Waals surface area contributed by atoms with E-state index < -0.39 is 17.8 Å². The van der Waals surface area contributed by atoms with Gasteiger partial charge in [-0.25, -0.2) is 0 Å². The summed E-state index contributed by atoms with van der Waals surface area (Å²) >= 11 is 0. The number of alkyl halides is 3. The van der Waals surface area contributed by atoms with Crippen LogP contribution in [-0.4, -0.2) is 42.9 Å². The van der Waals surface area contributed by atoms with Crippen LogP contribution in [0.15, 0.2) is 24.3 Å². The van der Waals surface area contributed by atoms with Gasteiger partial charge < -0.3 is 9.84 Å². The molecular formula is C13H16F3NO2. The van der Waals surface area contributed by atoms with E-state index in [0.717, 1.165) is 12.1 Å². The molecule has 0 unspecified atom stereocenters. The van der Waals surface area contributed by atoms with Crippen LogP contribution in [0.25, 0.3) is 0 Å². The van der Waals surface area contributed by atoms with Crippen LogP contribution in [0.1, 0.15) is 17.2 Å². The highest BCUT2D eigenvalue weighted by molar-refractivity contribution is 5.28. The highest BCUT2D eigenvalue weighted by Gasteiger charge is 2.31. The van der Waals surface area contributed by atoms with Crippen molar-refractivity contribution in [2.75, 3.05) is 32.9 Å². The Morgan fingerprint density at radius 1 is 1.26 bits per heavy atom. The third-order valence-electron chi connectivity index (χ3n) is 3.26. The zero-order chi connectivity index (χ0) is 13.9. The van der Waals surface area contributed by atoms with Gasteiger partial charge in [0.25, 0.3) is 0 Å². The molecule has 2 rings (SSSR count). The van der Waals surface area contributed by atoms with Gasteiger partial charge in [0.2, 0.25) is 0 Å². The van der Waals surface area contributed by atoms with Crippen molar-refractivity contribution in [2.45, 2.75) is 12.2 Å². The van der Waals surface area contributed by atoms with Crippen LogP contribution in [0.3, 0.4) is 0 Å². The van der Waals surface area contributed by atoms with Gasteiger partial charge in [-0.05, 0) is 17.7 Å². The summed E-state index contributed by atoms with van der Waals surface area (Å²) in [6.45, 7) is 2.09. The topological polar surface area (TPSA) is 32.7 Å². The van der Waals surface area contributed by atoms with Crippen molar-refractivity contribution in [1.29, 1.82) is 0 Å². The first-order valence-corrected chi connectivity index (χ1v) is 6.12. The Kier molecular flexibility index (Phi) is 4.44. The van der Waals surface area contributed by atoms with Crippen LogP contribution in [0.5, 0.6) is 0 Å². The van der Waals surface area contributed by atoms with Crippen molar-refractivity contribution in [3.8, 4) is 0 Å². The van der Waals surface area contributed by atoms with Crippen LogP contribution in [0, 0.1) is 0 Å². The number of rotatable bonds is 3. The number of hydrogen-bond donors (Lipinski definition) is 1. The summed E-state index contributed by atoms with van der Waals surface area (Å²) in [7, 11) is 0. The molecule has 1 fully saturated rings. The van der Waals surface area contributed by atoms with E-state index in [-0.39, 0.29) is 6.61 Å². The molecule has 0 spiro atoms. The lowest BCUT2D eigenvalue weighted by Gasteiger charge is -2.33. The highest BCUT2D eigenvalue weighted by Crippen LogP contribution is 2.32. The number of benzene rings is 1. The van der Waals surface area contributed by atoms with E-state index in [1.807, 2.05) is 4.90 Å². The molecule has 6 heteroatoms. The standard InChI is InChI=1S/C13H16F3NO2/c14-13(15,16)11-3-1-2-10(8-11)12(9-18)17-4-6-19-7-5-17/h1-3,8,12,18H,4-7,9H2/t12-/m0/s1. The van der Waals surface area contributed by atoms with Crippen molar-refractivity contribution in [3.05, 3.63) is 35.4 Å². The first kappa shape index (κ1) is 14.3. The molecule has 0 saturated carbocycles. The summed E-state index contributed by atoms with van der Waals surface area (Å²) in [6.07, 6.45) is -4.36. The second-order valence-corrected chi connectivity index (χ2v) is 4.47. The second-order valence-electron chi connectivity index (χ2n) is 4.47. The summed E-state index contributed by atoms with van der Waals surface area (Å²) in [5, 5.41) is 9.46. The number of hydrogen-bond acceptors (Lipinski definition) is 3. The molecule has 106 valence electrons. The van der Waals surface area contributed by atoms with Gasteiger partial charge in [-0.2, -0.15) is 13.2 Å². The number of aliphatic hydroxyl groups excluding tert-OH is 1. The summed E-state index contributed by atoms with van der Waals surface area (Å²) in [5.74, 6) is 0. The van der Waals surface area contributed by atoms with E-state index in [4.69, 9.17) is 4.74 Å². The van der Waals surface area contributed by atoms with Gasteiger partial charge in [0.1, 0.15) is 0 Å². The van der Waals surface area contributed by atoms with Crippen molar-refractivity contribution in [3.63, 3.8) is 0 Å². The molecule has 3 nitrogen and oxygen atoms in total. The third kappa shape index (κ3) is 3.46. The number of morpholine rings is 1. The Morgan fingerprint density at radius 2 is 1.95 bits per heavy atom. The van der Waals surface area contributed by atoms with E-state index in [2.05, 4.69) is 0 Å². The highest BCUT2D eigenvalue weighted by atomic mass is 19.4.